The first-order valence-electron chi connectivity index (χ1n) is 11.7. The number of carbonyl (C=O) groups is 1. The number of halogens is 1. The van der Waals surface area contributed by atoms with Crippen LogP contribution in [-0.2, 0) is 0 Å². The van der Waals surface area contributed by atoms with E-state index in [9.17, 15) is 9.18 Å². The molecule has 6 nitrogen and oxygen atoms in total. The number of nitrogens with one attached hydrogen (secondary N) is 1. The Morgan fingerprint density at radius 1 is 1.14 bits per heavy atom. The van der Waals surface area contributed by atoms with Crippen molar-refractivity contribution < 1.29 is 9.18 Å². The van der Waals surface area contributed by atoms with E-state index < -0.39 is 11.9 Å². The number of aromatic nitrogens is 2. The molecule has 7 heteroatoms. The predicted octanol–water partition coefficient (Wildman–Crippen LogP) is 5.64. The summed E-state index contributed by atoms with van der Waals surface area (Å²) in [7, 11) is 0. The zero-order valence-corrected chi connectivity index (χ0v) is 21.1. The van der Waals surface area contributed by atoms with Crippen LogP contribution in [0.1, 0.15) is 56.2 Å². The Kier molecular flexibility index (Phi) is 12.5. The molecule has 2 aromatic heterocycles. The molecule has 1 fully saturated rings. The highest BCUT2D eigenvalue weighted by molar-refractivity contribution is 5.99. The molecule has 0 unspecified atom stereocenters. The molecule has 3 heterocycles. The SMILES string of the molecule is C#C.C=C/C(NC(=O)c1nc(-c2ccc(C)nc2F)ccc1N)=C(\C=C/C)N1CCCCC1.CC. The van der Waals surface area contributed by atoms with Crippen LogP contribution < -0.4 is 11.1 Å². The molecule has 0 atom stereocenters. The number of amides is 1. The van der Waals surface area contributed by atoms with E-state index in [1.54, 1.807) is 37.3 Å². The van der Waals surface area contributed by atoms with Crippen LogP contribution in [0.4, 0.5) is 10.1 Å². The maximum Gasteiger partial charge on any atom is 0.276 e. The van der Waals surface area contributed by atoms with E-state index in [-0.39, 0.29) is 22.6 Å². The number of allylic oxidation sites excluding steroid dienone is 3. The average Bonchev–Trinajstić information content (AvgIpc) is 2.89. The summed E-state index contributed by atoms with van der Waals surface area (Å²) >= 11 is 0. The van der Waals surface area contributed by atoms with Crippen LogP contribution in [0.3, 0.4) is 0 Å². The second-order valence-corrected chi connectivity index (χ2v) is 7.43. The molecule has 0 aliphatic carbocycles. The van der Waals surface area contributed by atoms with Crippen molar-refractivity contribution in [3.05, 3.63) is 77.8 Å². The van der Waals surface area contributed by atoms with Crippen LogP contribution in [-0.4, -0.2) is 33.9 Å². The van der Waals surface area contributed by atoms with Gasteiger partial charge in [-0.15, -0.1) is 12.8 Å². The van der Waals surface area contributed by atoms with E-state index in [4.69, 9.17) is 5.73 Å². The van der Waals surface area contributed by atoms with Gasteiger partial charge in [0.1, 0.15) is 0 Å². The highest BCUT2D eigenvalue weighted by atomic mass is 19.1. The molecule has 1 saturated heterocycles. The smallest absolute Gasteiger partial charge is 0.276 e. The van der Waals surface area contributed by atoms with Crippen LogP contribution >= 0.6 is 0 Å². The number of nitrogens with two attached hydrogens (primary N) is 1. The summed E-state index contributed by atoms with van der Waals surface area (Å²) < 4.78 is 14.3. The first-order chi connectivity index (χ1) is 16.9. The number of terminal acetylenes is 1. The summed E-state index contributed by atoms with van der Waals surface area (Å²) in [6.07, 6.45) is 16.9. The van der Waals surface area contributed by atoms with Crippen molar-refractivity contribution in [2.24, 2.45) is 0 Å². The Morgan fingerprint density at radius 3 is 2.37 bits per heavy atom. The summed E-state index contributed by atoms with van der Waals surface area (Å²) in [5, 5.41) is 2.89. The van der Waals surface area contributed by atoms with E-state index in [1.165, 1.54) is 6.42 Å². The highest BCUT2D eigenvalue weighted by Gasteiger charge is 2.19. The standard InChI is InChI=1S/C24H28FN5O.C2H6.C2H2/c1-4-9-21(30-14-7-6-8-15-30)19(5-2)29-24(31)22-18(26)12-13-20(28-22)17-11-10-16(3)27-23(17)25;2*1-2/h4-5,9-13H,2,6-8,14-15,26H2,1,3H3,(H,29,31);1-2H3;1-2H/b9-4-,21-19-;;. The minimum atomic E-state index is -0.643. The van der Waals surface area contributed by atoms with E-state index in [1.807, 2.05) is 32.9 Å². The third kappa shape index (κ3) is 7.82. The average molecular weight is 478 g/mol. The molecule has 3 N–H and O–H groups in total. The van der Waals surface area contributed by atoms with Gasteiger partial charge < -0.3 is 16.0 Å². The van der Waals surface area contributed by atoms with Crippen LogP contribution in [0.25, 0.3) is 11.3 Å². The van der Waals surface area contributed by atoms with Crippen molar-refractivity contribution in [1.29, 1.82) is 0 Å². The van der Waals surface area contributed by atoms with Crippen LogP contribution in [0.15, 0.2) is 60.5 Å². The fourth-order valence-corrected chi connectivity index (χ4v) is 3.58. The molecule has 0 radical (unpaired) electrons. The van der Waals surface area contributed by atoms with Gasteiger partial charge in [0.05, 0.1) is 28.3 Å². The van der Waals surface area contributed by atoms with Crippen molar-refractivity contribution in [2.75, 3.05) is 18.8 Å². The number of pyridine rings is 2. The largest absolute Gasteiger partial charge is 0.397 e. The number of hydrogen-bond acceptors (Lipinski definition) is 5. The lowest BCUT2D eigenvalue weighted by atomic mass is 10.1. The number of anilines is 1. The fraction of sp³-hybridized carbons (Fsp3) is 0.321. The van der Waals surface area contributed by atoms with E-state index in [2.05, 4.69) is 39.6 Å². The third-order valence-electron chi connectivity index (χ3n) is 5.16. The lowest BCUT2D eigenvalue weighted by Gasteiger charge is -2.31. The normalized spacial score (nSPS) is 13.5. The first kappa shape index (κ1) is 29.1. The van der Waals surface area contributed by atoms with Crippen molar-refractivity contribution in [3.8, 4) is 24.1 Å². The molecule has 0 saturated carbocycles. The molecule has 0 bridgehead atoms. The van der Waals surface area contributed by atoms with Gasteiger partial charge in [-0.2, -0.15) is 4.39 Å². The molecule has 1 amide bonds. The molecule has 2 aromatic rings. The van der Waals surface area contributed by atoms with Crippen molar-refractivity contribution >= 4 is 11.6 Å². The van der Waals surface area contributed by atoms with Gasteiger partial charge in [0, 0.05) is 18.8 Å². The summed E-state index contributed by atoms with van der Waals surface area (Å²) in [6, 6.07) is 6.40. The molecular formula is C28H36FN5O. The molecule has 0 aromatic carbocycles. The lowest BCUT2D eigenvalue weighted by molar-refractivity contribution is 0.0962. The predicted molar refractivity (Wildman–Crippen MR) is 143 cm³/mol. The summed E-state index contributed by atoms with van der Waals surface area (Å²) in [5.74, 6) is -1.12. The lowest BCUT2D eigenvalue weighted by Crippen LogP contribution is -2.33. The molecule has 35 heavy (non-hydrogen) atoms. The first-order valence-corrected chi connectivity index (χ1v) is 11.7. The zero-order chi connectivity index (χ0) is 26.4. The van der Waals surface area contributed by atoms with Gasteiger partial charge in [-0.3, -0.25) is 4.79 Å². The number of nitrogens with zero attached hydrogens (tertiary/aromatic N) is 3. The Morgan fingerprint density at radius 2 is 1.80 bits per heavy atom. The van der Waals surface area contributed by atoms with Gasteiger partial charge in [-0.1, -0.05) is 26.5 Å². The Balaban J connectivity index is 0.00000145. The topological polar surface area (TPSA) is 84.1 Å². The Bertz CT molecular complexity index is 1080. The van der Waals surface area contributed by atoms with Crippen LogP contribution in [0, 0.1) is 25.7 Å². The van der Waals surface area contributed by atoms with Gasteiger partial charge in [0.15, 0.2) is 5.69 Å². The van der Waals surface area contributed by atoms with Crippen molar-refractivity contribution in [1.82, 2.24) is 20.2 Å². The summed E-state index contributed by atoms with van der Waals surface area (Å²) in [4.78, 5) is 23.5. The second-order valence-electron chi connectivity index (χ2n) is 7.43. The van der Waals surface area contributed by atoms with E-state index in [0.29, 0.717) is 11.4 Å². The molecule has 3 rings (SSSR count). The molecule has 1 aliphatic heterocycles. The number of piperidine rings is 1. The summed E-state index contributed by atoms with van der Waals surface area (Å²) in [5.41, 5.74) is 8.79. The Hall–Kier alpha value is -3.92. The molecule has 0 spiro atoms. The maximum absolute atomic E-state index is 14.3. The van der Waals surface area contributed by atoms with Crippen molar-refractivity contribution in [3.63, 3.8) is 0 Å². The van der Waals surface area contributed by atoms with E-state index in [0.717, 1.165) is 31.6 Å². The minimum Gasteiger partial charge on any atom is -0.397 e. The third-order valence-corrected chi connectivity index (χ3v) is 5.16. The Labute approximate surface area is 208 Å². The van der Waals surface area contributed by atoms with Gasteiger partial charge in [0.2, 0.25) is 5.95 Å². The number of hydrogen-bond donors (Lipinski definition) is 2. The van der Waals surface area contributed by atoms with Crippen molar-refractivity contribution in [2.45, 2.75) is 47.0 Å². The number of aryl methyl sites for hydroxylation is 1. The molecule has 1 aliphatic rings. The molecular weight excluding hydrogens is 441 g/mol. The fourth-order valence-electron chi connectivity index (χ4n) is 3.58. The summed E-state index contributed by atoms with van der Waals surface area (Å²) in [6.45, 7) is 13.3. The number of rotatable bonds is 6. The van der Waals surface area contributed by atoms with Gasteiger partial charge in [-0.05, 0) is 69.5 Å². The number of likely N-dealkylation sites (tertiary alicyclic amines) is 1. The van der Waals surface area contributed by atoms with Gasteiger partial charge >= 0.3 is 0 Å². The number of nitrogen functional groups attached to an aromatic ring is 1. The van der Waals surface area contributed by atoms with Gasteiger partial charge in [-0.25, -0.2) is 9.97 Å². The quantitative estimate of drug-likeness (QED) is 0.320. The highest BCUT2D eigenvalue weighted by Crippen LogP contribution is 2.23. The van der Waals surface area contributed by atoms with E-state index >= 15 is 0 Å². The van der Waals surface area contributed by atoms with Crippen LogP contribution in [0.5, 0.6) is 0 Å². The minimum absolute atomic E-state index is 0.0234. The zero-order valence-electron chi connectivity index (χ0n) is 21.1. The maximum atomic E-state index is 14.3. The monoisotopic (exact) mass is 477 g/mol. The second kappa shape index (κ2) is 15.1. The van der Waals surface area contributed by atoms with Gasteiger partial charge in [0.25, 0.3) is 5.91 Å². The molecule has 186 valence electrons. The number of carbonyl (C=O) groups excluding carboxylic acids is 1. The van der Waals surface area contributed by atoms with Crippen LogP contribution in [0.2, 0.25) is 0 Å².